The van der Waals surface area contributed by atoms with Crippen molar-refractivity contribution in [2.45, 2.75) is 45.3 Å². The molecule has 2 aromatic rings. The topological polar surface area (TPSA) is 59.1 Å². The van der Waals surface area contributed by atoms with Gasteiger partial charge in [-0.05, 0) is 61.2 Å². The highest BCUT2D eigenvalue weighted by atomic mass is 79.9. The standard InChI is InChI=1S/C24H28BrN5O2/c1-15-11-16(2)13-19(12-15)28-9-4-10-29-20-21(26-23(28)29)27(3)24(32)30(22(20)31)14-17-5-7-18(25)8-6-17/h5-8,11-13,20-21,23,26H,4,9-10,14H2,1-3H3. The number of urea groups is 1. The number of carbonyl (C=O) groups excluding carboxylic acids is 2. The number of imide groups is 1. The lowest BCUT2D eigenvalue weighted by molar-refractivity contribution is -0.139. The minimum absolute atomic E-state index is 0.119. The van der Waals surface area contributed by atoms with Crippen LogP contribution in [0.25, 0.3) is 0 Å². The van der Waals surface area contributed by atoms with Gasteiger partial charge in [0.15, 0.2) is 0 Å². The minimum atomic E-state index is -0.396. The first-order valence-electron chi connectivity index (χ1n) is 11.0. The molecule has 1 N–H and O–H groups in total. The van der Waals surface area contributed by atoms with Gasteiger partial charge in [0.25, 0.3) is 5.91 Å². The number of nitrogens with zero attached hydrogens (tertiary/aromatic N) is 4. The Kier molecular flexibility index (Phi) is 5.47. The van der Waals surface area contributed by atoms with Crippen LogP contribution in [0.4, 0.5) is 10.5 Å². The molecule has 0 bridgehead atoms. The van der Waals surface area contributed by atoms with Crippen LogP contribution in [0.1, 0.15) is 23.1 Å². The summed E-state index contributed by atoms with van der Waals surface area (Å²) >= 11 is 3.44. The highest BCUT2D eigenvalue weighted by Crippen LogP contribution is 2.34. The predicted molar refractivity (Wildman–Crippen MR) is 127 cm³/mol. The first kappa shape index (κ1) is 21.4. The van der Waals surface area contributed by atoms with Crippen molar-refractivity contribution in [3.05, 3.63) is 63.6 Å². The molecule has 3 amide bonds. The summed E-state index contributed by atoms with van der Waals surface area (Å²) in [5, 5.41) is 3.59. The molecule has 0 aromatic heterocycles. The van der Waals surface area contributed by atoms with Crippen molar-refractivity contribution in [3.63, 3.8) is 0 Å². The third-order valence-electron chi connectivity index (χ3n) is 6.66. The third kappa shape index (κ3) is 3.60. The van der Waals surface area contributed by atoms with Crippen molar-refractivity contribution >= 4 is 33.6 Å². The van der Waals surface area contributed by atoms with Gasteiger partial charge in [0.05, 0.1) is 6.54 Å². The third-order valence-corrected chi connectivity index (χ3v) is 7.19. The van der Waals surface area contributed by atoms with E-state index in [1.807, 2.05) is 24.3 Å². The summed E-state index contributed by atoms with van der Waals surface area (Å²) in [7, 11) is 1.79. The quantitative estimate of drug-likeness (QED) is 0.705. The summed E-state index contributed by atoms with van der Waals surface area (Å²) in [6, 6.07) is 13.6. The monoisotopic (exact) mass is 497 g/mol. The van der Waals surface area contributed by atoms with Crippen LogP contribution in [-0.2, 0) is 11.3 Å². The zero-order valence-corrected chi connectivity index (χ0v) is 20.2. The second-order valence-corrected chi connectivity index (χ2v) is 9.92. The van der Waals surface area contributed by atoms with E-state index in [9.17, 15) is 9.59 Å². The summed E-state index contributed by atoms with van der Waals surface area (Å²) in [5.41, 5.74) is 4.52. The van der Waals surface area contributed by atoms with Gasteiger partial charge in [-0.1, -0.05) is 34.1 Å². The van der Waals surface area contributed by atoms with Gasteiger partial charge in [0.1, 0.15) is 18.5 Å². The molecule has 0 spiro atoms. The normalized spacial score (nSPS) is 25.9. The van der Waals surface area contributed by atoms with Crippen LogP contribution < -0.4 is 10.2 Å². The molecule has 3 aliphatic heterocycles. The number of aryl methyl sites for hydroxylation is 2. The van der Waals surface area contributed by atoms with Gasteiger partial charge in [0.2, 0.25) is 0 Å². The number of anilines is 1. The van der Waals surface area contributed by atoms with Gasteiger partial charge in [-0.25, -0.2) is 4.79 Å². The summed E-state index contributed by atoms with van der Waals surface area (Å²) in [6.45, 7) is 6.22. The Morgan fingerprint density at radius 2 is 1.72 bits per heavy atom. The van der Waals surface area contributed by atoms with Crippen LogP contribution in [-0.4, -0.2) is 65.3 Å². The SMILES string of the molecule is Cc1cc(C)cc(N2CCCN3C4C(=O)N(Cc5ccc(Br)cc5)C(=O)N(C)C4NC23)c1. The molecule has 0 radical (unpaired) electrons. The fraction of sp³-hybridized carbons (Fsp3) is 0.417. The average molecular weight is 498 g/mol. The largest absolute Gasteiger partial charge is 0.343 e. The van der Waals surface area contributed by atoms with Gasteiger partial charge in [-0.3, -0.25) is 19.9 Å². The maximum atomic E-state index is 13.6. The van der Waals surface area contributed by atoms with Crippen molar-refractivity contribution in [3.8, 4) is 0 Å². The molecule has 3 aliphatic rings. The second-order valence-electron chi connectivity index (χ2n) is 9.01. The number of likely N-dealkylation sites (N-methyl/N-ethyl adjacent to an activating group) is 1. The van der Waals surface area contributed by atoms with Gasteiger partial charge >= 0.3 is 6.03 Å². The molecule has 3 saturated heterocycles. The number of amides is 3. The van der Waals surface area contributed by atoms with E-state index in [1.54, 1.807) is 11.9 Å². The van der Waals surface area contributed by atoms with Gasteiger partial charge < -0.3 is 9.80 Å². The van der Waals surface area contributed by atoms with E-state index in [-0.39, 0.29) is 30.9 Å². The van der Waals surface area contributed by atoms with Crippen LogP contribution in [0.5, 0.6) is 0 Å². The number of rotatable bonds is 3. The Bertz CT molecular complexity index is 1040. The molecule has 3 heterocycles. The number of fused-ring (bicyclic) bond motifs is 3. The van der Waals surface area contributed by atoms with E-state index in [1.165, 1.54) is 16.0 Å². The van der Waals surface area contributed by atoms with Crippen molar-refractivity contribution in [2.24, 2.45) is 0 Å². The number of hydrogen-bond acceptors (Lipinski definition) is 5. The molecule has 3 fully saturated rings. The number of benzene rings is 2. The maximum absolute atomic E-state index is 13.6. The smallest absolute Gasteiger partial charge is 0.328 e. The Morgan fingerprint density at radius 3 is 2.41 bits per heavy atom. The fourth-order valence-corrected chi connectivity index (χ4v) is 5.48. The Balaban J connectivity index is 1.44. The summed E-state index contributed by atoms with van der Waals surface area (Å²) in [5.74, 6) is -0.127. The molecule has 0 saturated carbocycles. The lowest BCUT2D eigenvalue weighted by Crippen LogP contribution is -2.66. The van der Waals surface area contributed by atoms with Gasteiger partial charge in [-0.15, -0.1) is 0 Å². The van der Waals surface area contributed by atoms with Crippen LogP contribution >= 0.6 is 15.9 Å². The first-order valence-corrected chi connectivity index (χ1v) is 11.8. The van der Waals surface area contributed by atoms with Gasteiger partial charge in [-0.2, -0.15) is 0 Å². The molecule has 0 aliphatic carbocycles. The van der Waals surface area contributed by atoms with E-state index < -0.39 is 6.04 Å². The molecule has 2 aromatic carbocycles. The molecule has 168 valence electrons. The summed E-state index contributed by atoms with van der Waals surface area (Å²) < 4.78 is 0.970. The fourth-order valence-electron chi connectivity index (χ4n) is 5.22. The second kappa shape index (κ2) is 8.17. The van der Waals surface area contributed by atoms with E-state index >= 15 is 0 Å². The first-order chi connectivity index (χ1) is 15.3. The Hall–Kier alpha value is -2.42. The highest BCUT2D eigenvalue weighted by molar-refractivity contribution is 9.10. The van der Waals surface area contributed by atoms with Crippen molar-refractivity contribution in [1.82, 2.24) is 20.0 Å². The van der Waals surface area contributed by atoms with Crippen LogP contribution in [0.3, 0.4) is 0 Å². The van der Waals surface area contributed by atoms with Crippen molar-refractivity contribution < 1.29 is 9.59 Å². The Morgan fingerprint density at radius 1 is 1.03 bits per heavy atom. The van der Waals surface area contributed by atoms with E-state index in [0.717, 1.165) is 35.2 Å². The molecular formula is C24H28BrN5O2. The van der Waals surface area contributed by atoms with Crippen molar-refractivity contribution in [2.75, 3.05) is 25.0 Å². The van der Waals surface area contributed by atoms with Crippen LogP contribution in [0.15, 0.2) is 46.9 Å². The zero-order valence-electron chi connectivity index (χ0n) is 18.6. The molecular weight excluding hydrogens is 470 g/mol. The van der Waals surface area contributed by atoms with Crippen LogP contribution in [0.2, 0.25) is 0 Å². The molecule has 7 nitrogen and oxygen atoms in total. The number of hydrogen-bond donors (Lipinski definition) is 1. The Labute approximate surface area is 197 Å². The minimum Gasteiger partial charge on any atom is -0.343 e. The lowest BCUT2D eigenvalue weighted by Gasteiger charge is -2.44. The van der Waals surface area contributed by atoms with E-state index in [2.05, 4.69) is 63.1 Å². The molecule has 8 heteroatoms. The number of carbonyl (C=O) groups is 2. The zero-order chi connectivity index (χ0) is 22.6. The molecule has 3 unspecified atom stereocenters. The van der Waals surface area contributed by atoms with Gasteiger partial charge in [0, 0.05) is 30.3 Å². The van der Waals surface area contributed by atoms with Crippen LogP contribution in [0, 0.1) is 13.8 Å². The predicted octanol–water partition coefficient (Wildman–Crippen LogP) is 3.25. The van der Waals surface area contributed by atoms with E-state index in [4.69, 9.17) is 0 Å². The molecule has 5 rings (SSSR count). The maximum Gasteiger partial charge on any atom is 0.328 e. The summed E-state index contributed by atoms with van der Waals surface area (Å²) in [6.07, 6.45) is 0.505. The van der Waals surface area contributed by atoms with Crippen molar-refractivity contribution in [1.29, 1.82) is 0 Å². The highest BCUT2D eigenvalue weighted by Gasteiger charge is 2.56. The lowest BCUT2D eigenvalue weighted by atomic mass is 10.1. The summed E-state index contributed by atoms with van der Waals surface area (Å²) in [4.78, 5) is 34.4. The average Bonchev–Trinajstić information content (AvgIpc) is 3.16. The molecule has 32 heavy (non-hydrogen) atoms. The number of halogens is 1. The number of nitrogens with one attached hydrogen (secondary N) is 1. The molecule has 3 atom stereocenters. The van der Waals surface area contributed by atoms with E-state index in [0.29, 0.717) is 0 Å².